The Kier molecular flexibility index (Phi) is 5.83. The predicted molar refractivity (Wildman–Crippen MR) is 78.4 cm³/mol. The molecule has 0 fully saturated rings. The molecule has 1 aromatic rings. The number of hydrogen-bond acceptors (Lipinski definition) is 4. The summed E-state index contributed by atoms with van der Waals surface area (Å²) in [4.78, 5) is 14.2. The van der Waals surface area contributed by atoms with Crippen molar-refractivity contribution in [2.75, 3.05) is 32.0 Å². The van der Waals surface area contributed by atoms with Gasteiger partial charge in [0.2, 0.25) is 0 Å². The van der Waals surface area contributed by atoms with E-state index in [9.17, 15) is 4.79 Å². The minimum Gasteiger partial charge on any atom is -0.461 e. The fourth-order valence-corrected chi connectivity index (χ4v) is 1.95. The van der Waals surface area contributed by atoms with Crippen LogP contribution in [0.25, 0.3) is 0 Å². The van der Waals surface area contributed by atoms with Crippen molar-refractivity contribution in [1.82, 2.24) is 4.90 Å². The second-order valence-electron chi connectivity index (χ2n) is 4.62. The van der Waals surface area contributed by atoms with E-state index in [1.54, 1.807) is 12.1 Å². The minimum absolute atomic E-state index is 0.271. The summed E-state index contributed by atoms with van der Waals surface area (Å²) >= 11 is 0. The van der Waals surface area contributed by atoms with Crippen LogP contribution < -0.4 is 5.73 Å². The number of ether oxygens (including phenoxy) is 1. The van der Waals surface area contributed by atoms with Crippen LogP contribution in [0.5, 0.6) is 0 Å². The third-order valence-corrected chi connectivity index (χ3v) is 3.58. The first-order valence-corrected chi connectivity index (χ1v) is 6.76. The number of carbonyl (C=O) groups is 1. The van der Waals surface area contributed by atoms with Gasteiger partial charge in [-0.25, -0.2) is 4.79 Å². The molecule has 0 heterocycles. The van der Waals surface area contributed by atoms with Gasteiger partial charge >= 0.3 is 5.97 Å². The molecule has 0 aliphatic rings. The lowest BCUT2D eigenvalue weighted by molar-refractivity contribution is 0.0465. The molecule has 0 aliphatic carbocycles. The number of likely N-dealkylation sites (N-methyl/N-ethyl adjacent to an activating group) is 1. The van der Waals surface area contributed by atoms with Crippen molar-refractivity contribution < 1.29 is 9.53 Å². The lowest BCUT2D eigenvalue weighted by atomic mass is 10.0. The molecule has 0 atom stereocenters. The Balaban J connectivity index is 2.62. The number of anilines is 1. The Bertz CT molecular complexity index is 440. The third-order valence-electron chi connectivity index (χ3n) is 3.58. The van der Waals surface area contributed by atoms with Gasteiger partial charge < -0.3 is 15.4 Å². The maximum absolute atomic E-state index is 12.0. The summed E-state index contributed by atoms with van der Waals surface area (Å²) in [6, 6.07) is 3.49. The molecule has 0 aliphatic heterocycles. The molecular formula is C15H24N2O2. The van der Waals surface area contributed by atoms with Gasteiger partial charge in [0.1, 0.15) is 6.61 Å². The number of carbonyl (C=O) groups excluding carboxylic acids is 1. The van der Waals surface area contributed by atoms with Crippen LogP contribution >= 0.6 is 0 Å². The number of nitrogens with two attached hydrogens (primary N) is 1. The lowest BCUT2D eigenvalue weighted by Crippen LogP contribution is -2.28. The number of rotatable bonds is 6. The summed E-state index contributed by atoms with van der Waals surface area (Å²) < 4.78 is 5.32. The Hall–Kier alpha value is -1.55. The van der Waals surface area contributed by atoms with Crippen molar-refractivity contribution in [3.05, 3.63) is 28.8 Å². The molecule has 1 rings (SSSR count). The van der Waals surface area contributed by atoms with Gasteiger partial charge in [-0.1, -0.05) is 13.8 Å². The van der Waals surface area contributed by atoms with E-state index >= 15 is 0 Å². The average molecular weight is 264 g/mol. The Morgan fingerprint density at radius 3 is 2.42 bits per heavy atom. The first-order valence-electron chi connectivity index (χ1n) is 6.76. The monoisotopic (exact) mass is 264 g/mol. The van der Waals surface area contributed by atoms with Crippen LogP contribution in [0.15, 0.2) is 12.1 Å². The summed E-state index contributed by atoms with van der Waals surface area (Å²) in [7, 11) is 0. The van der Waals surface area contributed by atoms with Crippen molar-refractivity contribution >= 4 is 11.7 Å². The first kappa shape index (κ1) is 15.5. The maximum atomic E-state index is 12.0. The van der Waals surface area contributed by atoms with E-state index in [1.165, 1.54) is 0 Å². The quantitative estimate of drug-likeness (QED) is 0.633. The molecular weight excluding hydrogens is 240 g/mol. The molecule has 0 aromatic heterocycles. The van der Waals surface area contributed by atoms with Crippen molar-refractivity contribution in [2.24, 2.45) is 0 Å². The van der Waals surface area contributed by atoms with Gasteiger partial charge in [0.25, 0.3) is 0 Å². The highest BCUT2D eigenvalue weighted by Gasteiger charge is 2.13. The van der Waals surface area contributed by atoms with E-state index in [-0.39, 0.29) is 5.97 Å². The first-order chi connectivity index (χ1) is 9.01. The molecule has 1 aromatic carbocycles. The van der Waals surface area contributed by atoms with Gasteiger partial charge in [-0.3, -0.25) is 0 Å². The molecule has 0 radical (unpaired) electrons. The van der Waals surface area contributed by atoms with Crippen LogP contribution in [0.4, 0.5) is 5.69 Å². The molecule has 0 unspecified atom stereocenters. The molecule has 106 valence electrons. The average Bonchev–Trinajstić information content (AvgIpc) is 2.41. The zero-order valence-corrected chi connectivity index (χ0v) is 12.3. The third kappa shape index (κ3) is 3.96. The number of benzene rings is 1. The van der Waals surface area contributed by atoms with Crippen LogP contribution in [0, 0.1) is 13.8 Å². The number of hydrogen-bond donors (Lipinski definition) is 1. The van der Waals surface area contributed by atoms with E-state index in [0.29, 0.717) is 17.9 Å². The summed E-state index contributed by atoms with van der Waals surface area (Å²) in [5.74, 6) is -0.271. The van der Waals surface area contributed by atoms with Gasteiger partial charge in [0.15, 0.2) is 0 Å². The van der Waals surface area contributed by atoms with Crippen LogP contribution in [-0.2, 0) is 4.74 Å². The lowest BCUT2D eigenvalue weighted by Gasteiger charge is -2.18. The molecule has 0 saturated carbocycles. The van der Waals surface area contributed by atoms with Gasteiger partial charge in [-0.2, -0.15) is 0 Å². The van der Waals surface area contributed by atoms with Gasteiger partial charge in [0, 0.05) is 12.2 Å². The van der Waals surface area contributed by atoms with Crippen molar-refractivity contribution in [2.45, 2.75) is 27.7 Å². The second kappa shape index (κ2) is 7.14. The highest BCUT2D eigenvalue weighted by molar-refractivity contribution is 5.92. The van der Waals surface area contributed by atoms with Gasteiger partial charge in [0.05, 0.1) is 5.56 Å². The minimum atomic E-state index is -0.271. The van der Waals surface area contributed by atoms with Crippen LogP contribution in [0.1, 0.15) is 35.3 Å². The van der Waals surface area contributed by atoms with E-state index in [4.69, 9.17) is 10.5 Å². The SMILES string of the molecule is CCN(CC)CCOC(=O)c1ccc(N)c(C)c1C. The molecule has 0 amide bonds. The molecule has 4 nitrogen and oxygen atoms in total. The van der Waals surface area contributed by atoms with E-state index < -0.39 is 0 Å². The van der Waals surface area contributed by atoms with E-state index in [0.717, 1.165) is 30.8 Å². The van der Waals surface area contributed by atoms with Crippen LogP contribution in [-0.4, -0.2) is 37.1 Å². The molecule has 2 N–H and O–H groups in total. The Labute approximate surface area is 115 Å². The molecule has 4 heteroatoms. The van der Waals surface area contributed by atoms with Crippen LogP contribution in [0.2, 0.25) is 0 Å². The summed E-state index contributed by atoms with van der Waals surface area (Å²) in [6.07, 6.45) is 0. The van der Waals surface area contributed by atoms with Gasteiger partial charge in [-0.05, 0) is 50.2 Å². The van der Waals surface area contributed by atoms with Crippen molar-refractivity contribution in [1.29, 1.82) is 0 Å². The summed E-state index contributed by atoms with van der Waals surface area (Å²) in [5.41, 5.74) is 8.95. The highest BCUT2D eigenvalue weighted by atomic mass is 16.5. The van der Waals surface area contributed by atoms with Crippen molar-refractivity contribution in [3.63, 3.8) is 0 Å². The predicted octanol–water partition coefficient (Wildman–Crippen LogP) is 2.38. The maximum Gasteiger partial charge on any atom is 0.338 e. The Morgan fingerprint density at radius 2 is 1.84 bits per heavy atom. The summed E-state index contributed by atoms with van der Waals surface area (Å²) in [5, 5.41) is 0. The number of nitrogens with zero attached hydrogens (tertiary/aromatic N) is 1. The zero-order valence-electron chi connectivity index (χ0n) is 12.3. The van der Waals surface area contributed by atoms with Gasteiger partial charge in [-0.15, -0.1) is 0 Å². The van der Waals surface area contributed by atoms with Crippen molar-refractivity contribution in [3.8, 4) is 0 Å². The molecule has 19 heavy (non-hydrogen) atoms. The summed E-state index contributed by atoms with van der Waals surface area (Å²) in [6.45, 7) is 11.1. The standard InChI is InChI=1S/C15H24N2O2/c1-5-17(6-2)9-10-19-15(18)13-7-8-14(16)12(4)11(13)3/h7-8H,5-6,9-10,16H2,1-4H3. The smallest absolute Gasteiger partial charge is 0.338 e. The topological polar surface area (TPSA) is 55.6 Å². The molecule has 0 saturated heterocycles. The second-order valence-corrected chi connectivity index (χ2v) is 4.62. The van der Waals surface area contributed by atoms with Crippen LogP contribution in [0.3, 0.4) is 0 Å². The number of esters is 1. The Morgan fingerprint density at radius 1 is 1.21 bits per heavy atom. The molecule has 0 spiro atoms. The fourth-order valence-electron chi connectivity index (χ4n) is 1.95. The normalized spacial score (nSPS) is 10.8. The number of nitrogen functional groups attached to an aromatic ring is 1. The largest absolute Gasteiger partial charge is 0.461 e. The zero-order chi connectivity index (χ0) is 14.4. The fraction of sp³-hybridized carbons (Fsp3) is 0.533. The highest BCUT2D eigenvalue weighted by Crippen LogP contribution is 2.20. The van der Waals surface area contributed by atoms with E-state index in [1.807, 2.05) is 13.8 Å². The molecule has 0 bridgehead atoms. The van der Waals surface area contributed by atoms with E-state index in [2.05, 4.69) is 18.7 Å².